The van der Waals surface area contributed by atoms with Crippen molar-refractivity contribution in [2.75, 3.05) is 30.3 Å². The third-order valence-corrected chi connectivity index (χ3v) is 5.96. The smallest absolute Gasteiger partial charge is 0.221 e. The van der Waals surface area contributed by atoms with Crippen LogP contribution in [0.25, 0.3) is 11.3 Å². The number of nitrogens with one attached hydrogen (secondary N) is 2. The molecule has 2 heterocycles. The highest BCUT2D eigenvalue weighted by atomic mass is 35.5. The van der Waals surface area contributed by atoms with Gasteiger partial charge < -0.3 is 16.1 Å². The van der Waals surface area contributed by atoms with Crippen LogP contribution in [-0.4, -0.2) is 46.1 Å². The standard InChI is InChI=1S/C26H31N5O.2ClH.H2O/c1-20(32)28-24-9-5-8-23(18-24)25-10-11-26(30-29-25)27-15-12-21-13-16-31(17-14-21)19-22-6-3-2-4-7-22;;;/h2-11,18,21H,12-17,19H2,1H3,(H,27,30)(H,28,32);2*1H;1H2. The molecule has 2 aromatic carbocycles. The van der Waals surface area contributed by atoms with E-state index in [0.29, 0.717) is 0 Å². The number of aromatic nitrogens is 2. The normalized spacial score (nSPS) is 13.5. The van der Waals surface area contributed by atoms with E-state index >= 15 is 0 Å². The number of hydrogen-bond donors (Lipinski definition) is 2. The molecule has 1 fully saturated rings. The molecule has 35 heavy (non-hydrogen) atoms. The van der Waals surface area contributed by atoms with E-state index in [1.807, 2.05) is 36.4 Å². The molecular formula is C26H35Cl2N5O2. The van der Waals surface area contributed by atoms with Crippen LogP contribution < -0.4 is 10.6 Å². The van der Waals surface area contributed by atoms with Crippen molar-refractivity contribution in [3.05, 3.63) is 72.3 Å². The quantitative estimate of drug-likeness (QED) is 0.443. The number of carbonyl (C=O) groups excluding carboxylic acids is 1. The summed E-state index contributed by atoms with van der Waals surface area (Å²) in [6.45, 7) is 5.81. The number of amides is 1. The summed E-state index contributed by atoms with van der Waals surface area (Å²) in [5.74, 6) is 1.47. The van der Waals surface area contributed by atoms with Crippen LogP contribution in [0.15, 0.2) is 66.7 Å². The molecular weight excluding hydrogens is 485 g/mol. The molecule has 0 atom stereocenters. The van der Waals surface area contributed by atoms with Crippen LogP contribution in [-0.2, 0) is 11.3 Å². The maximum Gasteiger partial charge on any atom is 0.221 e. The van der Waals surface area contributed by atoms with E-state index in [0.717, 1.165) is 48.2 Å². The van der Waals surface area contributed by atoms with E-state index in [1.54, 1.807) is 0 Å². The number of hydrogen-bond acceptors (Lipinski definition) is 5. The van der Waals surface area contributed by atoms with Crippen LogP contribution >= 0.6 is 24.8 Å². The molecule has 4 N–H and O–H groups in total. The Morgan fingerprint density at radius 3 is 2.37 bits per heavy atom. The fourth-order valence-electron chi connectivity index (χ4n) is 4.22. The van der Waals surface area contributed by atoms with Crippen LogP contribution in [0.3, 0.4) is 0 Å². The van der Waals surface area contributed by atoms with Gasteiger partial charge in [-0.15, -0.1) is 35.0 Å². The van der Waals surface area contributed by atoms with Crippen molar-refractivity contribution in [2.45, 2.75) is 32.7 Å². The molecule has 7 nitrogen and oxygen atoms in total. The third kappa shape index (κ3) is 9.45. The fraction of sp³-hybridized carbons (Fsp3) is 0.346. The number of piperidine rings is 1. The number of carbonyl (C=O) groups is 1. The summed E-state index contributed by atoms with van der Waals surface area (Å²) >= 11 is 0. The lowest BCUT2D eigenvalue weighted by atomic mass is 9.93. The highest BCUT2D eigenvalue weighted by molar-refractivity contribution is 5.89. The van der Waals surface area contributed by atoms with Crippen LogP contribution in [0.2, 0.25) is 0 Å². The number of benzene rings is 2. The van der Waals surface area contributed by atoms with Gasteiger partial charge in [0.15, 0.2) is 0 Å². The Morgan fingerprint density at radius 2 is 1.71 bits per heavy atom. The van der Waals surface area contributed by atoms with Gasteiger partial charge in [0.2, 0.25) is 5.91 Å². The van der Waals surface area contributed by atoms with Crippen molar-refractivity contribution in [3.63, 3.8) is 0 Å². The molecule has 1 aliphatic rings. The SMILES string of the molecule is CC(=O)Nc1cccc(-c2ccc(NCCC3CCN(Cc4ccccc4)CC3)nn2)c1.Cl.Cl.O. The monoisotopic (exact) mass is 519 g/mol. The van der Waals surface area contributed by atoms with Gasteiger partial charge in [-0.1, -0.05) is 42.5 Å². The molecule has 0 unspecified atom stereocenters. The lowest BCUT2D eigenvalue weighted by Crippen LogP contribution is -2.33. The van der Waals surface area contributed by atoms with Crippen LogP contribution in [0.4, 0.5) is 11.5 Å². The molecule has 190 valence electrons. The van der Waals surface area contributed by atoms with E-state index < -0.39 is 0 Å². The minimum absolute atomic E-state index is 0. The molecule has 1 aliphatic heterocycles. The molecule has 0 saturated carbocycles. The molecule has 0 aliphatic carbocycles. The van der Waals surface area contributed by atoms with Gasteiger partial charge in [-0.2, -0.15) is 0 Å². The van der Waals surface area contributed by atoms with E-state index in [-0.39, 0.29) is 36.2 Å². The van der Waals surface area contributed by atoms with Crippen molar-refractivity contribution < 1.29 is 10.3 Å². The molecule has 9 heteroatoms. The van der Waals surface area contributed by atoms with Crippen LogP contribution in [0, 0.1) is 5.92 Å². The summed E-state index contributed by atoms with van der Waals surface area (Å²) in [7, 11) is 0. The van der Waals surface area contributed by atoms with Crippen LogP contribution in [0.1, 0.15) is 31.7 Å². The first-order chi connectivity index (χ1) is 15.7. The first-order valence-corrected chi connectivity index (χ1v) is 11.4. The predicted molar refractivity (Wildman–Crippen MR) is 147 cm³/mol. The zero-order valence-electron chi connectivity index (χ0n) is 19.9. The molecule has 1 aromatic heterocycles. The third-order valence-electron chi connectivity index (χ3n) is 5.96. The van der Waals surface area contributed by atoms with E-state index in [9.17, 15) is 4.79 Å². The van der Waals surface area contributed by atoms with Crippen molar-refractivity contribution >= 4 is 42.2 Å². The van der Waals surface area contributed by atoms with E-state index in [4.69, 9.17) is 0 Å². The largest absolute Gasteiger partial charge is 0.412 e. The number of nitrogens with zero attached hydrogens (tertiary/aromatic N) is 3. The first-order valence-electron chi connectivity index (χ1n) is 11.4. The number of anilines is 2. The Morgan fingerprint density at radius 1 is 0.971 bits per heavy atom. The van der Waals surface area contributed by atoms with E-state index in [2.05, 4.69) is 56.1 Å². The maximum absolute atomic E-state index is 11.3. The van der Waals surface area contributed by atoms with Gasteiger partial charge in [-0.05, 0) is 68.1 Å². The molecule has 1 saturated heterocycles. The number of rotatable bonds is 8. The second-order valence-corrected chi connectivity index (χ2v) is 8.49. The average Bonchev–Trinajstić information content (AvgIpc) is 2.81. The van der Waals surface area contributed by atoms with Crippen molar-refractivity contribution in [1.82, 2.24) is 15.1 Å². The van der Waals surface area contributed by atoms with Crippen LogP contribution in [0.5, 0.6) is 0 Å². The van der Waals surface area contributed by atoms with Gasteiger partial charge in [0, 0.05) is 31.3 Å². The summed E-state index contributed by atoms with van der Waals surface area (Å²) in [5.41, 5.74) is 3.87. The Labute approximate surface area is 219 Å². The van der Waals surface area contributed by atoms with Crippen molar-refractivity contribution in [3.8, 4) is 11.3 Å². The molecule has 4 rings (SSSR count). The lowest BCUT2D eigenvalue weighted by molar-refractivity contribution is -0.114. The van der Waals surface area contributed by atoms with Crippen molar-refractivity contribution in [1.29, 1.82) is 0 Å². The predicted octanol–water partition coefficient (Wildman–Crippen LogP) is 4.84. The van der Waals surface area contributed by atoms with Gasteiger partial charge in [0.05, 0.1) is 5.69 Å². The van der Waals surface area contributed by atoms with Gasteiger partial charge >= 0.3 is 0 Å². The zero-order chi connectivity index (χ0) is 22.2. The van der Waals surface area contributed by atoms with Gasteiger partial charge in [0.1, 0.15) is 5.82 Å². The summed E-state index contributed by atoms with van der Waals surface area (Å²) < 4.78 is 0. The molecule has 0 spiro atoms. The van der Waals surface area contributed by atoms with Gasteiger partial charge in [0.25, 0.3) is 0 Å². The fourth-order valence-corrected chi connectivity index (χ4v) is 4.22. The summed E-state index contributed by atoms with van der Waals surface area (Å²) in [6.07, 6.45) is 3.66. The second kappa shape index (κ2) is 15.3. The minimum Gasteiger partial charge on any atom is -0.412 e. The van der Waals surface area contributed by atoms with E-state index in [1.165, 1.54) is 38.4 Å². The first kappa shape index (κ1) is 30.3. The number of halogens is 2. The Hall–Kier alpha value is -2.71. The summed E-state index contributed by atoms with van der Waals surface area (Å²) in [6, 6.07) is 22.3. The minimum atomic E-state index is -0.0883. The van der Waals surface area contributed by atoms with Crippen molar-refractivity contribution in [2.24, 2.45) is 5.92 Å². The zero-order valence-corrected chi connectivity index (χ0v) is 21.6. The lowest BCUT2D eigenvalue weighted by Gasteiger charge is -2.32. The summed E-state index contributed by atoms with van der Waals surface area (Å²) in [5, 5.41) is 14.9. The average molecular weight is 521 g/mol. The topological polar surface area (TPSA) is 102 Å². The highest BCUT2D eigenvalue weighted by Crippen LogP contribution is 2.23. The molecule has 0 bridgehead atoms. The Kier molecular flexibility index (Phi) is 13.3. The number of likely N-dealkylation sites (tertiary alicyclic amines) is 1. The molecule has 1 amide bonds. The Balaban J connectivity index is 0.00000204. The summed E-state index contributed by atoms with van der Waals surface area (Å²) in [4.78, 5) is 13.8. The van der Waals surface area contributed by atoms with Gasteiger partial charge in [-0.25, -0.2) is 0 Å². The maximum atomic E-state index is 11.3. The highest BCUT2D eigenvalue weighted by Gasteiger charge is 2.19. The Bertz CT molecular complexity index is 1010. The second-order valence-electron chi connectivity index (χ2n) is 8.49. The molecule has 3 aromatic rings. The molecule has 0 radical (unpaired) electrons. The van der Waals surface area contributed by atoms with Gasteiger partial charge in [-0.3, -0.25) is 9.69 Å².